The molecule has 0 aliphatic rings. The van der Waals surface area contributed by atoms with Crippen LogP contribution in [0, 0.1) is 0 Å². The number of esters is 2. The van der Waals surface area contributed by atoms with E-state index in [1.807, 2.05) is 21.1 Å². The first-order valence-electron chi connectivity index (χ1n) is 21.7. The third-order valence-corrected chi connectivity index (χ3v) is 9.91. The highest BCUT2D eigenvalue weighted by molar-refractivity contribution is 5.72. The first-order valence-corrected chi connectivity index (χ1v) is 21.7. The van der Waals surface area contributed by atoms with E-state index in [1.54, 1.807) is 0 Å². The van der Waals surface area contributed by atoms with E-state index in [0.29, 0.717) is 19.3 Å². The van der Waals surface area contributed by atoms with Gasteiger partial charge in [-0.25, -0.2) is 4.79 Å². The van der Waals surface area contributed by atoms with Gasteiger partial charge >= 0.3 is 17.9 Å². The second-order valence-electron chi connectivity index (χ2n) is 16.0. The van der Waals surface area contributed by atoms with Gasteiger partial charge in [0.2, 0.25) is 0 Å². The molecule has 0 aromatic heterocycles. The topological polar surface area (TPSA) is 99.1 Å². The summed E-state index contributed by atoms with van der Waals surface area (Å²) in [5, 5.41) is 9.60. The molecule has 52 heavy (non-hydrogen) atoms. The number of aliphatic carboxylic acids is 1. The van der Waals surface area contributed by atoms with E-state index in [0.717, 1.165) is 51.4 Å². The van der Waals surface area contributed by atoms with E-state index in [9.17, 15) is 19.5 Å². The van der Waals surface area contributed by atoms with Crippen molar-refractivity contribution < 1.29 is 38.2 Å². The van der Waals surface area contributed by atoms with E-state index >= 15 is 0 Å². The molecule has 0 bridgehead atoms. The average Bonchev–Trinajstić information content (AvgIpc) is 3.09. The fourth-order valence-corrected chi connectivity index (χ4v) is 6.50. The van der Waals surface area contributed by atoms with E-state index in [1.165, 1.54) is 116 Å². The van der Waals surface area contributed by atoms with Gasteiger partial charge in [0.05, 0.1) is 34.4 Å². The molecule has 0 saturated carbocycles. The molecule has 0 aliphatic heterocycles. The van der Waals surface area contributed by atoms with E-state index in [2.05, 4.69) is 26.0 Å². The van der Waals surface area contributed by atoms with Crippen LogP contribution in [-0.2, 0) is 28.6 Å². The monoisotopic (exact) mass is 739 g/mol. The molecule has 0 spiro atoms. The van der Waals surface area contributed by atoms with E-state index in [-0.39, 0.29) is 36.2 Å². The van der Waals surface area contributed by atoms with Crippen molar-refractivity contribution in [3.8, 4) is 0 Å². The van der Waals surface area contributed by atoms with Crippen LogP contribution in [-0.4, -0.2) is 80.6 Å². The maximum absolute atomic E-state index is 12.7. The smallest absolute Gasteiger partial charge is 0.362 e. The number of carbonyl (C=O) groups is 3. The average molecular weight is 739 g/mol. The minimum Gasteiger partial charge on any atom is -0.477 e. The standard InChI is InChI=1S/C44H83NO7/c1-6-8-10-12-14-16-18-20-21-23-24-26-28-30-32-34-42(46)51-39-40(38-50-37-36-41(44(48)49)45(3,4)5)52-43(47)35-33-31-29-27-25-22-19-17-15-13-11-9-7-2/h22,25,40-41H,6-21,23-24,26-39H2,1-5H3/p+1/b25-22+. The second-order valence-corrected chi connectivity index (χ2v) is 16.0. The molecule has 0 amide bonds. The summed E-state index contributed by atoms with van der Waals surface area (Å²) in [6.45, 7) is 4.73. The SMILES string of the molecule is CCCCCCCC/C=C/CCCCCC(=O)OC(COCCC(C(=O)O)[N+](C)(C)C)COC(=O)CCCCCCCCCCCCCCCCC. The van der Waals surface area contributed by atoms with Gasteiger partial charge in [-0.15, -0.1) is 0 Å². The molecule has 0 radical (unpaired) electrons. The van der Waals surface area contributed by atoms with Crippen LogP contribution in [0.5, 0.6) is 0 Å². The number of allylic oxidation sites excluding steroid dienone is 2. The van der Waals surface area contributed by atoms with Gasteiger partial charge in [-0.3, -0.25) is 9.59 Å². The number of unbranched alkanes of at least 4 members (excludes halogenated alkanes) is 23. The van der Waals surface area contributed by atoms with Crippen LogP contribution in [0.15, 0.2) is 12.2 Å². The zero-order valence-corrected chi connectivity index (χ0v) is 34.8. The van der Waals surface area contributed by atoms with Gasteiger partial charge in [0.25, 0.3) is 0 Å². The molecular weight excluding hydrogens is 654 g/mol. The molecule has 0 aliphatic carbocycles. The van der Waals surface area contributed by atoms with Crippen molar-refractivity contribution >= 4 is 17.9 Å². The van der Waals surface area contributed by atoms with Gasteiger partial charge < -0.3 is 23.8 Å². The van der Waals surface area contributed by atoms with Gasteiger partial charge in [-0.1, -0.05) is 154 Å². The Bertz CT molecular complexity index is 869. The number of likely N-dealkylation sites (N-methyl/N-ethyl adjacent to an activating group) is 1. The predicted molar refractivity (Wildman–Crippen MR) is 215 cm³/mol. The summed E-state index contributed by atoms with van der Waals surface area (Å²) in [5.74, 6) is -1.48. The molecule has 0 aromatic carbocycles. The van der Waals surface area contributed by atoms with E-state index in [4.69, 9.17) is 14.2 Å². The lowest BCUT2D eigenvalue weighted by molar-refractivity contribution is -0.887. The summed E-state index contributed by atoms with van der Waals surface area (Å²) >= 11 is 0. The maximum Gasteiger partial charge on any atom is 0.362 e. The number of carboxylic acid groups (broad SMARTS) is 1. The van der Waals surface area contributed by atoms with E-state index < -0.39 is 18.1 Å². The first kappa shape index (κ1) is 50.1. The Kier molecular flexibility index (Phi) is 34.7. The quantitative estimate of drug-likeness (QED) is 0.0290. The molecule has 0 rings (SSSR count). The summed E-state index contributed by atoms with van der Waals surface area (Å²) in [6, 6.07) is -0.612. The Morgan fingerprint density at radius 3 is 1.40 bits per heavy atom. The Morgan fingerprint density at radius 1 is 0.558 bits per heavy atom. The fraction of sp³-hybridized carbons (Fsp3) is 0.886. The lowest BCUT2D eigenvalue weighted by Crippen LogP contribution is -2.50. The van der Waals surface area contributed by atoms with Crippen molar-refractivity contribution in [3.05, 3.63) is 12.2 Å². The number of carbonyl (C=O) groups excluding carboxylic acids is 2. The third kappa shape index (κ3) is 33.9. The molecule has 0 fully saturated rings. The molecule has 0 heterocycles. The number of hydrogen-bond donors (Lipinski definition) is 1. The zero-order chi connectivity index (χ0) is 38.5. The Hall–Kier alpha value is -1.93. The lowest BCUT2D eigenvalue weighted by Gasteiger charge is -2.31. The van der Waals surface area contributed by atoms with Crippen LogP contribution >= 0.6 is 0 Å². The van der Waals surface area contributed by atoms with Crippen LogP contribution in [0.2, 0.25) is 0 Å². The molecule has 0 saturated heterocycles. The summed E-state index contributed by atoms with van der Waals surface area (Å²) < 4.78 is 17.3. The normalized spacial score (nSPS) is 13.0. The van der Waals surface area contributed by atoms with Crippen molar-refractivity contribution in [2.45, 2.75) is 212 Å². The number of hydrogen-bond acceptors (Lipinski definition) is 6. The maximum atomic E-state index is 12.7. The number of quaternary nitrogens is 1. The fourth-order valence-electron chi connectivity index (χ4n) is 6.50. The Balaban J connectivity index is 4.34. The summed E-state index contributed by atoms with van der Waals surface area (Å²) in [7, 11) is 5.52. The van der Waals surface area contributed by atoms with Crippen molar-refractivity contribution in [3.63, 3.8) is 0 Å². The number of rotatable bonds is 39. The largest absolute Gasteiger partial charge is 0.477 e. The second kappa shape index (κ2) is 36.1. The van der Waals surface area contributed by atoms with Gasteiger partial charge in [0.15, 0.2) is 12.1 Å². The van der Waals surface area contributed by atoms with Gasteiger partial charge in [0, 0.05) is 19.3 Å². The van der Waals surface area contributed by atoms with Crippen molar-refractivity contribution in [2.24, 2.45) is 0 Å². The van der Waals surface area contributed by atoms with Crippen molar-refractivity contribution in [1.82, 2.24) is 0 Å². The van der Waals surface area contributed by atoms with Gasteiger partial charge in [-0.05, 0) is 38.5 Å². The van der Waals surface area contributed by atoms with Gasteiger partial charge in [0.1, 0.15) is 6.61 Å². The van der Waals surface area contributed by atoms with Crippen LogP contribution in [0.1, 0.15) is 200 Å². The molecule has 8 nitrogen and oxygen atoms in total. The van der Waals surface area contributed by atoms with Crippen LogP contribution in [0.4, 0.5) is 0 Å². The highest BCUT2D eigenvalue weighted by Gasteiger charge is 2.31. The number of nitrogens with zero attached hydrogens (tertiary/aromatic N) is 1. The van der Waals surface area contributed by atoms with Crippen LogP contribution in [0.3, 0.4) is 0 Å². The summed E-state index contributed by atoms with van der Waals surface area (Å²) in [6.07, 6.45) is 36.8. The predicted octanol–water partition coefficient (Wildman–Crippen LogP) is 11.5. The van der Waals surface area contributed by atoms with Crippen molar-refractivity contribution in [1.29, 1.82) is 0 Å². The highest BCUT2D eigenvalue weighted by Crippen LogP contribution is 2.15. The number of carboxylic acids is 1. The molecule has 2 atom stereocenters. The lowest BCUT2D eigenvalue weighted by atomic mass is 10.0. The Morgan fingerprint density at radius 2 is 0.962 bits per heavy atom. The summed E-state index contributed by atoms with van der Waals surface area (Å²) in [5.41, 5.74) is 0. The zero-order valence-electron chi connectivity index (χ0n) is 34.8. The first-order chi connectivity index (χ1) is 25.1. The highest BCUT2D eigenvalue weighted by atomic mass is 16.6. The molecule has 8 heteroatoms. The molecule has 306 valence electrons. The molecule has 1 N–H and O–H groups in total. The van der Waals surface area contributed by atoms with Gasteiger partial charge in [-0.2, -0.15) is 0 Å². The number of ether oxygens (including phenoxy) is 3. The Labute approximate surface area is 320 Å². The summed E-state index contributed by atoms with van der Waals surface area (Å²) in [4.78, 5) is 36.9. The molecule has 0 aromatic rings. The van der Waals surface area contributed by atoms with Crippen LogP contribution < -0.4 is 0 Å². The van der Waals surface area contributed by atoms with Crippen molar-refractivity contribution in [2.75, 3.05) is 41.0 Å². The molecular formula is C44H84NO7+. The minimum absolute atomic E-state index is 0.0512. The van der Waals surface area contributed by atoms with Crippen LogP contribution in [0.25, 0.3) is 0 Å². The third-order valence-electron chi connectivity index (χ3n) is 9.91. The molecule has 2 unspecified atom stereocenters. The minimum atomic E-state index is -0.875.